The van der Waals surface area contributed by atoms with Gasteiger partial charge in [0.05, 0.1) is 25.7 Å². The Morgan fingerprint density at radius 1 is 1.29 bits per heavy atom. The van der Waals surface area contributed by atoms with Gasteiger partial charge >= 0.3 is 5.97 Å². The molecule has 3 N–H and O–H groups in total. The summed E-state index contributed by atoms with van der Waals surface area (Å²) >= 11 is 0. The Morgan fingerprint density at radius 2 is 2.00 bits per heavy atom. The minimum absolute atomic E-state index is 0.0769. The van der Waals surface area contributed by atoms with Crippen LogP contribution in [0.2, 0.25) is 0 Å². The first-order valence-corrected chi connectivity index (χ1v) is 6.96. The van der Waals surface area contributed by atoms with E-state index in [1.807, 2.05) is 30.3 Å². The third kappa shape index (κ3) is 8.06. The van der Waals surface area contributed by atoms with E-state index in [1.54, 1.807) is 6.92 Å². The molecule has 6 nitrogen and oxygen atoms in total. The maximum absolute atomic E-state index is 11.6. The van der Waals surface area contributed by atoms with Gasteiger partial charge in [0.15, 0.2) is 0 Å². The molecule has 1 atom stereocenters. The first-order chi connectivity index (χ1) is 10.1. The van der Waals surface area contributed by atoms with Crippen molar-refractivity contribution in [2.75, 3.05) is 19.7 Å². The van der Waals surface area contributed by atoms with Crippen LogP contribution in [0.25, 0.3) is 0 Å². The van der Waals surface area contributed by atoms with Crippen LogP contribution in [0.1, 0.15) is 18.9 Å². The fraction of sp³-hybridized carbons (Fsp3) is 0.467. The zero-order chi connectivity index (χ0) is 15.5. The van der Waals surface area contributed by atoms with Gasteiger partial charge in [-0.3, -0.25) is 9.59 Å². The minimum Gasteiger partial charge on any atom is -0.466 e. The van der Waals surface area contributed by atoms with Gasteiger partial charge in [0.25, 0.3) is 0 Å². The van der Waals surface area contributed by atoms with Crippen molar-refractivity contribution in [2.24, 2.45) is 0 Å². The predicted molar refractivity (Wildman–Crippen MR) is 78.4 cm³/mol. The number of esters is 1. The summed E-state index contributed by atoms with van der Waals surface area (Å²) in [5, 5.41) is 15.1. The summed E-state index contributed by atoms with van der Waals surface area (Å²) in [6, 6.07) is 9.59. The summed E-state index contributed by atoms with van der Waals surface area (Å²) in [4.78, 5) is 22.7. The third-order valence-corrected chi connectivity index (χ3v) is 2.71. The molecule has 1 aromatic carbocycles. The molecule has 0 aliphatic rings. The van der Waals surface area contributed by atoms with E-state index in [4.69, 9.17) is 4.74 Å². The smallest absolute Gasteiger partial charge is 0.308 e. The van der Waals surface area contributed by atoms with Crippen LogP contribution in [0.4, 0.5) is 0 Å². The molecule has 0 aliphatic carbocycles. The van der Waals surface area contributed by atoms with E-state index in [0.717, 1.165) is 5.56 Å². The van der Waals surface area contributed by atoms with Crippen molar-refractivity contribution in [3.8, 4) is 0 Å². The van der Waals surface area contributed by atoms with Gasteiger partial charge in [0.1, 0.15) is 0 Å². The van der Waals surface area contributed by atoms with Gasteiger partial charge in [-0.25, -0.2) is 0 Å². The van der Waals surface area contributed by atoms with Crippen LogP contribution >= 0.6 is 0 Å². The predicted octanol–water partition coefficient (Wildman–Crippen LogP) is 0.207. The number of nitrogens with one attached hydrogen (secondary N) is 2. The largest absolute Gasteiger partial charge is 0.466 e. The summed E-state index contributed by atoms with van der Waals surface area (Å²) in [7, 11) is 0. The number of hydrogen-bond acceptors (Lipinski definition) is 5. The maximum Gasteiger partial charge on any atom is 0.308 e. The highest BCUT2D eigenvalue weighted by Gasteiger charge is 2.11. The average Bonchev–Trinajstić information content (AvgIpc) is 2.46. The quantitative estimate of drug-likeness (QED) is 0.567. The zero-order valence-corrected chi connectivity index (χ0v) is 12.2. The Kier molecular flexibility index (Phi) is 8.08. The summed E-state index contributed by atoms with van der Waals surface area (Å²) in [5.41, 5.74) is 1.02. The monoisotopic (exact) mass is 294 g/mol. The van der Waals surface area contributed by atoms with Crippen molar-refractivity contribution in [1.82, 2.24) is 10.6 Å². The third-order valence-electron chi connectivity index (χ3n) is 2.71. The number of rotatable bonds is 9. The standard InChI is InChI=1S/C15H22N2O4/c1-2-21-15(20)8-13(18)10-16-11-14(19)17-9-12-6-4-3-5-7-12/h3-7,13,16,18H,2,8-11H2,1H3,(H,17,19). The molecule has 0 spiro atoms. The molecular weight excluding hydrogens is 272 g/mol. The molecule has 116 valence electrons. The van der Waals surface area contributed by atoms with Crippen molar-refractivity contribution in [1.29, 1.82) is 0 Å². The average molecular weight is 294 g/mol. The van der Waals surface area contributed by atoms with E-state index in [0.29, 0.717) is 13.2 Å². The van der Waals surface area contributed by atoms with E-state index in [2.05, 4.69) is 10.6 Å². The summed E-state index contributed by atoms with van der Waals surface area (Å²) in [6.45, 7) is 2.72. The van der Waals surface area contributed by atoms with Crippen LogP contribution < -0.4 is 10.6 Å². The SMILES string of the molecule is CCOC(=O)CC(O)CNCC(=O)NCc1ccccc1. The number of hydrogen-bond donors (Lipinski definition) is 3. The van der Waals surface area contributed by atoms with Gasteiger partial charge in [0, 0.05) is 13.1 Å². The number of amides is 1. The molecule has 1 aromatic rings. The summed E-state index contributed by atoms with van der Waals surface area (Å²) < 4.78 is 4.72. The Bertz CT molecular complexity index is 437. The van der Waals surface area contributed by atoms with Crippen molar-refractivity contribution in [3.05, 3.63) is 35.9 Å². The van der Waals surface area contributed by atoms with E-state index >= 15 is 0 Å². The number of aliphatic hydroxyl groups is 1. The van der Waals surface area contributed by atoms with Gasteiger partial charge in [-0.2, -0.15) is 0 Å². The molecule has 21 heavy (non-hydrogen) atoms. The fourth-order valence-electron chi connectivity index (χ4n) is 1.70. The van der Waals surface area contributed by atoms with E-state index in [1.165, 1.54) is 0 Å². The molecule has 0 aliphatic heterocycles. The summed E-state index contributed by atoms with van der Waals surface area (Å²) in [6.07, 6.45) is -0.932. The van der Waals surface area contributed by atoms with Crippen LogP contribution in [0.3, 0.4) is 0 Å². The maximum atomic E-state index is 11.6. The van der Waals surface area contributed by atoms with Gasteiger partial charge in [-0.15, -0.1) is 0 Å². The van der Waals surface area contributed by atoms with E-state index < -0.39 is 12.1 Å². The fourth-order valence-corrected chi connectivity index (χ4v) is 1.70. The molecule has 1 unspecified atom stereocenters. The minimum atomic E-state index is -0.856. The van der Waals surface area contributed by atoms with Crippen molar-refractivity contribution in [3.63, 3.8) is 0 Å². The number of carbonyl (C=O) groups is 2. The molecule has 0 bridgehead atoms. The van der Waals surface area contributed by atoms with Gasteiger partial charge < -0.3 is 20.5 Å². The van der Waals surface area contributed by atoms with Crippen molar-refractivity contribution < 1.29 is 19.4 Å². The first kappa shape index (κ1) is 17.1. The van der Waals surface area contributed by atoms with Crippen LogP contribution in [-0.4, -0.2) is 42.8 Å². The molecular formula is C15H22N2O4. The molecule has 1 rings (SSSR count). The Labute approximate surface area is 124 Å². The zero-order valence-electron chi connectivity index (χ0n) is 12.2. The number of aliphatic hydroxyl groups excluding tert-OH is 1. The highest BCUT2D eigenvalue weighted by atomic mass is 16.5. The first-order valence-electron chi connectivity index (χ1n) is 6.96. The number of benzene rings is 1. The van der Waals surface area contributed by atoms with Crippen LogP contribution in [0, 0.1) is 0 Å². The molecule has 0 heterocycles. The molecule has 0 saturated heterocycles. The normalized spacial score (nSPS) is 11.7. The number of ether oxygens (including phenoxy) is 1. The van der Waals surface area contributed by atoms with Crippen molar-refractivity contribution in [2.45, 2.75) is 26.0 Å². The van der Waals surface area contributed by atoms with Gasteiger partial charge in [-0.05, 0) is 12.5 Å². The second kappa shape index (κ2) is 9.90. The van der Waals surface area contributed by atoms with Crippen LogP contribution in [-0.2, 0) is 20.9 Å². The second-order valence-corrected chi connectivity index (χ2v) is 4.56. The topological polar surface area (TPSA) is 87.7 Å². The Balaban J connectivity index is 2.11. The Morgan fingerprint density at radius 3 is 2.67 bits per heavy atom. The van der Waals surface area contributed by atoms with Gasteiger partial charge in [-0.1, -0.05) is 30.3 Å². The molecule has 6 heteroatoms. The second-order valence-electron chi connectivity index (χ2n) is 4.56. The van der Waals surface area contributed by atoms with Gasteiger partial charge in [0.2, 0.25) is 5.91 Å². The summed E-state index contributed by atoms with van der Waals surface area (Å²) in [5.74, 6) is -0.609. The van der Waals surface area contributed by atoms with Crippen LogP contribution in [0.15, 0.2) is 30.3 Å². The lowest BCUT2D eigenvalue weighted by Crippen LogP contribution is -2.37. The Hall–Kier alpha value is -1.92. The lowest BCUT2D eigenvalue weighted by atomic mass is 10.2. The number of carbonyl (C=O) groups excluding carboxylic acids is 2. The van der Waals surface area contributed by atoms with E-state index in [-0.39, 0.29) is 25.4 Å². The molecule has 0 fully saturated rings. The highest BCUT2D eigenvalue weighted by molar-refractivity contribution is 5.78. The molecule has 0 aromatic heterocycles. The molecule has 0 saturated carbocycles. The lowest BCUT2D eigenvalue weighted by molar-refractivity contribution is -0.145. The molecule has 0 radical (unpaired) electrons. The van der Waals surface area contributed by atoms with Crippen LogP contribution in [0.5, 0.6) is 0 Å². The van der Waals surface area contributed by atoms with Crippen molar-refractivity contribution >= 4 is 11.9 Å². The lowest BCUT2D eigenvalue weighted by Gasteiger charge is -2.11. The highest BCUT2D eigenvalue weighted by Crippen LogP contribution is 1.97. The van der Waals surface area contributed by atoms with E-state index in [9.17, 15) is 14.7 Å². The molecule has 1 amide bonds.